The lowest BCUT2D eigenvalue weighted by molar-refractivity contribution is -0.149. The molecule has 0 aromatic carbocycles. The molecule has 0 rings (SSSR count). The molecule has 1 atom stereocenters. The fourth-order valence-corrected chi connectivity index (χ4v) is 2.87. The van der Waals surface area contributed by atoms with Crippen LogP contribution < -0.4 is 0 Å². The maximum absolute atomic E-state index is 11.1. The quantitative estimate of drug-likeness (QED) is 0.427. The number of aliphatic carboxylic acids is 2. The molecule has 0 heterocycles. The zero-order valence-electron chi connectivity index (χ0n) is 12.0. The van der Waals surface area contributed by atoms with Crippen LogP contribution in [0.2, 0.25) is 6.04 Å². The predicted octanol–water partition coefficient (Wildman–Crippen LogP) is 0.553. The second-order valence-electron chi connectivity index (χ2n) is 4.71. The van der Waals surface area contributed by atoms with E-state index in [9.17, 15) is 9.59 Å². The van der Waals surface area contributed by atoms with Crippen LogP contribution in [0.15, 0.2) is 0 Å². The lowest BCUT2D eigenvalue weighted by Gasteiger charge is -2.26. The molecule has 0 aromatic heterocycles. The minimum absolute atomic E-state index is 0.257. The summed E-state index contributed by atoms with van der Waals surface area (Å²) >= 11 is 0. The van der Waals surface area contributed by atoms with E-state index in [0.717, 1.165) is 12.5 Å². The SMILES string of the molecule is CCN(CCC[SiH2]OC(C)C)C(CC(=O)O)C(=O)O. The van der Waals surface area contributed by atoms with Crippen molar-refractivity contribution in [2.75, 3.05) is 13.1 Å². The van der Waals surface area contributed by atoms with Gasteiger partial charge in [0.25, 0.3) is 0 Å². The summed E-state index contributed by atoms with van der Waals surface area (Å²) in [5.74, 6) is -2.15. The zero-order valence-corrected chi connectivity index (χ0v) is 13.4. The first-order valence-corrected chi connectivity index (χ1v) is 8.26. The van der Waals surface area contributed by atoms with Crippen LogP contribution in [0, 0.1) is 0 Å². The standard InChI is InChI=1S/C12H25NO5Si/c1-4-13(6-5-7-19-18-9(2)3)10(12(16)17)8-11(14)15/h9-10H,4-8,19H2,1-3H3,(H,14,15)(H,16,17). The molecule has 112 valence electrons. The van der Waals surface area contributed by atoms with Crippen molar-refractivity contribution in [1.29, 1.82) is 0 Å². The Hall–Kier alpha value is -0.923. The van der Waals surface area contributed by atoms with Crippen LogP contribution >= 0.6 is 0 Å². The summed E-state index contributed by atoms with van der Waals surface area (Å²) in [6.45, 7) is 6.99. The van der Waals surface area contributed by atoms with Gasteiger partial charge in [-0.05, 0) is 39.4 Å². The van der Waals surface area contributed by atoms with Crippen molar-refractivity contribution in [3.8, 4) is 0 Å². The number of nitrogens with zero attached hydrogens (tertiary/aromatic N) is 1. The Bertz CT molecular complexity index is 285. The van der Waals surface area contributed by atoms with E-state index in [-0.39, 0.29) is 12.5 Å². The minimum Gasteiger partial charge on any atom is -0.481 e. The van der Waals surface area contributed by atoms with E-state index in [1.807, 2.05) is 20.8 Å². The second-order valence-corrected chi connectivity index (χ2v) is 6.16. The molecule has 0 radical (unpaired) electrons. The topological polar surface area (TPSA) is 87.1 Å². The van der Waals surface area contributed by atoms with Crippen LogP contribution in [0.5, 0.6) is 0 Å². The second kappa shape index (κ2) is 9.94. The summed E-state index contributed by atoms with van der Waals surface area (Å²) in [5, 5.41) is 17.8. The third-order valence-corrected chi connectivity index (χ3v) is 4.48. The minimum atomic E-state index is -1.08. The highest BCUT2D eigenvalue weighted by Crippen LogP contribution is 2.07. The summed E-state index contributed by atoms with van der Waals surface area (Å²) in [4.78, 5) is 23.5. The maximum Gasteiger partial charge on any atom is 0.321 e. The van der Waals surface area contributed by atoms with Gasteiger partial charge in [0.1, 0.15) is 6.04 Å². The first kappa shape index (κ1) is 18.1. The number of carboxylic acid groups (broad SMARTS) is 2. The molecule has 19 heavy (non-hydrogen) atoms. The van der Waals surface area contributed by atoms with Crippen LogP contribution in [0.3, 0.4) is 0 Å². The Kier molecular flexibility index (Phi) is 9.45. The molecule has 0 bridgehead atoms. The molecule has 7 heteroatoms. The molecule has 0 saturated heterocycles. The molecular weight excluding hydrogens is 266 g/mol. The Morgan fingerprint density at radius 2 is 1.95 bits per heavy atom. The maximum atomic E-state index is 11.1. The van der Waals surface area contributed by atoms with Gasteiger partial charge in [-0.15, -0.1) is 0 Å². The monoisotopic (exact) mass is 291 g/mol. The number of rotatable bonds is 11. The Balaban J connectivity index is 4.14. The summed E-state index contributed by atoms with van der Waals surface area (Å²) in [7, 11) is -0.543. The molecule has 0 spiro atoms. The highest BCUT2D eigenvalue weighted by molar-refractivity contribution is 6.27. The van der Waals surface area contributed by atoms with Crippen molar-refractivity contribution in [2.45, 2.75) is 51.8 Å². The fraction of sp³-hybridized carbons (Fsp3) is 0.833. The number of hydrogen-bond acceptors (Lipinski definition) is 4. The van der Waals surface area contributed by atoms with Gasteiger partial charge in [0.05, 0.1) is 6.42 Å². The number of carboxylic acids is 2. The van der Waals surface area contributed by atoms with Gasteiger partial charge < -0.3 is 14.6 Å². The molecule has 0 aromatic rings. The van der Waals surface area contributed by atoms with E-state index in [1.165, 1.54) is 0 Å². The molecule has 6 nitrogen and oxygen atoms in total. The number of likely N-dealkylation sites (N-methyl/N-ethyl adjacent to an activating group) is 1. The molecule has 2 N–H and O–H groups in total. The summed E-state index contributed by atoms with van der Waals surface area (Å²) in [6.07, 6.45) is 0.756. The highest BCUT2D eigenvalue weighted by Gasteiger charge is 2.26. The van der Waals surface area contributed by atoms with Gasteiger partial charge in [0.15, 0.2) is 9.76 Å². The Morgan fingerprint density at radius 1 is 1.32 bits per heavy atom. The van der Waals surface area contributed by atoms with Gasteiger partial charge in [0.2, 0.25) is 0 Å². The summed E-state index contributed by atoms with van der Waals surface area (Å²) in [6, 6.07) is 0.0452. The molecule has 0 aliphatic rings. The van der Waals surface area contributed by atoms with Gasteiger partial charge in [0, 0.05) is 6.10 Å². The van der Waals surface area contributed by atoms with Gasteiger partial charge in [-0.25, -0.2) is 0 Å². The molecule has 0 fully saturated rings. The van der Waals surface area contributed by atoms with Crippen molar-refractivity contribution in [3.05, 3.63) is 0 Å². The first-order valence-electron chi connectivity index (χ1n) is 6.68. The number of carbonyl (C=O) groups is 2. The Labute approximate surface area is 116 Å². The lowest BCUT2D eigenvalue weighted by Crippen LogP contribution is -2.43. The average molecular weight is 291 g/mol. The average Bonchev–Trinajstić information content (AvgIpc) is 2.30. The van der Waals surface area contributed by atoms with E-state index in [2.05, 4.69) is 0 Å². The highest BCUT2D eigenvalue weighted by atomic mass is 28.2. The van der Waals surface area contributed by atoms with Gasteiger partial charge in [-0.1, -0.05) is 6.92 Å². The van der Waals surface area contributed by atoms with Crippen molar-refractivity contribution in [3.63, 3.8) is 0 Å². The number of hydrogen-bond donors (Lipinski definition) is 2. The van der Waals surface area contributed by atoms with E-state index in [4.69, 9.17) is 14.6 Å². The van der Waals surface area contributed by atoms with Crippen LogP contribution in [-0.2, 0) is 14.0 Å². The summed E-state index contributed by atoms with van der Waals surface area (Å²) < 4.78 is 5.54. The van der Waals surface area contributed by atoms with Crippen molar-refractivity contribution in [1.82, 2.24) is 4.90 Å². The third-order valence-electron chi connectivity index (χ3n) is 2.79. The van der Waals surface area contributed by atoms with Crippen LogP contribution in [-0.4, -0.2) is 62.1 Å². The predicted molar refractivity (Wildman–Crippen MR) is 75.1 cm³/mol. The van der Waals surface area contributed by atoms with Gasteiger partial charge >= 0.3 is 11.9 Å². The van der Waals surface area contributed by atoms with Crippen molar-refractivity contribution < 1.29 is 24.2 Å². The van der Waals surface area contributed by atoms with E-state index >= 15 is 0 Å². The van der Waals surface area contributed by atoms with Crippen molar-refractivity contribution in [2.24, 2.45) is 0 Å². The lowest BCUT2D eigenvalue weighted by atomic mass is 10.1. The molecule has 0 saturated carbocycles. The van der Waals surface area contributed by atoms with Gasteiger partial charge in [-0.3, -0.25) is 14.5 Å². The normalized spacial score (nSPS) is 13.5. The van der Waals surface area contributed by atoms with E-state index < -0.39 is 27.7 Å². The van der Waals surface area contributed by atoms with Crippen LogP contribution in [0.25, 0.3) is 0 Å². The van der Waals surface area contributed by atoms with Gasteiger partial charge in [-0.2, -0.15) is 0 Å². The van der Waals surface area contributed by atoms with Crippen molar-refractivity contribution >= 4 is 21.7 Å². The molecule has 0 aliphatic carbocycles. The Morgan fingerprint density at radius 3 is 2.37 bits per heavy atom. The molecular formula is C12H25NO5Si. The molecule has 1 unspecified atom stereocenters. The van der Waals surface area contributed by atoms with E-state index in [0.29, 0.717) is 13.1 Å². The summed E-state index contributed by atoms with van der Waals surface area (Å²) in [5.41, 5.74) is 0. The fourth-order valence-electron chi connectivity index (χ4n) is 1.81. The first-order chi connectivity index (χ1) is 8.88. The molecule has 0 aliphatic heterocycles. The zero-order chi connectivity index (χ0) is 14.8. The largest absolute Gasteiger partial charge is 0.481 e. The third kappa shape index (κ3) is 8.74. The van der Waals surface area contributed by atoms with E-state index in [1.54, 1.807) is 4.90 Å². The van der Waals surface area contributed by atoms with Crippen LogP contribution in [0.1, 0.15) is 33.6 Å². The smallest absolute Gasteiger partial charge is 0.321 e. The van der Waals surface area contributed by atoms with Crippen LogP contribution in [0.4, 0.5) is 0 Å². The molecule has 0 amide bonds.